The number of hydrogen-bond donors (Lipinski definition) is 1. The standard InChI is InChI=1S/C15H22N2O2/c1-10-4-5-11(2)17(9-10)12-6-7-14(16)13(8-12)15(18)19-3/h6-8,10-11H,4-5,9,16H2,1-3H3. The molecule has 0 spiro atoms. The molecule has 0 amide bonds. The number of piperidine rings is 1. The average molecular weight is 262 g/mol. The molecule has 4 heteroatoms. The van der Waals surface area contributed by atoms with Crippen LogP contribution in [0.1, 0.15) is 37.0 Å². The number of ether oxygens (including phenoxy) is 1. The Labute approximate surface area is 114 Å². The normalized spacial score (nSPS) is 23.2. The Hall–Kier alpha value is -1.71. The van der Waals surface area contributed by atoms with Crippen molar-refractivity contribution >= 4 is 17.3 Å². The molecule has 1 aromatic carbocycles. The number of nitrogens with zero attached hydrogens (tertiary/aromatic N) is 1. The number of rotatable bonds is 2. The average Bonchev–Trinajstić information content (AvgIpc) is 2.41. The quantitative estimate of drug-likeness (QED) is 0.657. The molecule has 0 radical (unpaired) electrons. The fraction of sp³-hybridized carbons (Fsp3) is 0.533. The molecule has 1 saturated heterocycles. The molecule has 2 unspecified atom stereocenters. The van der Waals surface area contributed by atoms with Crippen LogP contribution in [0.3, 0.4) is 0 Å². The molecule has 0 aromatic heterocycles. The second-order valence-corrected chi connectivity index (χ2v) is 5.45. The van der Waals surface area contributed by atoms with E-state index in [2.05, 4.69) is 18.7 Å². The first-order chi connectivity index (χ1) is 9.02. The molecule has 0 bridgehead atoms. The molecule has 1 aliphatic rings. The van der Waals surface area contributed by atoms with Crippen LogP contribution < -0.4 is 10.6 Å². The van der Waals surface area contributed by atoms with Crippen molar-refractivity contribution in [3.05, 3.63) is 23.8 Å². The number of nitrogen functional groups attached to an aromatic ring is 1. The lowest BCUT2D eigenvalue weighted by atomic mass is 9.94. The van der Waals surface area contributed by atoms with Gasteiger partial charge in [0.05, 0.1) is 12.7 Å². The van der Waals surface area contributed by atoms with Crippen molar-refractivity contribution in [2.45, 2.75) is 32.7 Å². The van der Waals surface area contributed by atoms with Crippen LogP contribution in [0.4, 0.5) is 11.4 Å². The summed E-state index contributed by atoms with van der Waals surface area (Å²) < 4.78 is 4.77. The first-order valence-corrected chi connectivity index (χ1v) is 6.77. The third-order valence-corrected chi connectivity index (χ3v) is 3.89. The summed E-state index contributed by atoms with van der Waals surface area (Å²) in [6, 6.07) is 6.10. The van der Waals surface area contributed by atoms with E-state index in [9.17, 15) is 4.79 Å². The Morgan fingerprint density at radius 3 is 2.79 bits per heavy atom. The first kappa shape index (κ1) is 13.7. The van der Waals surface area contributed by atoms with Crippen molar-refractivity contribution < 1.29 is 9.53 Å². The summed E-state index contributed by atoms with van der Waals surface area (Å²) in [5.74, 6) is 0.299. The molecular formula is C15H22N2O2. The molecule has 0 saturated carbocycles. The van der Waals surface area contributed by atoms with Gasteiger partial charge in [-0.15, -0.1) is 0 Å². The van der Waals surface area contributed by atoms with Gasteiger partial charge in [-0.3, -0.25) is 0 Å². The van der Waals surface area contributed by atoms with E-state index < -0.39 is 0 Å². The highest BCUT2D eigenvalue weighted by atomic mass is 16.5. The second kappa shape index (κ2) is 5.51. The summed E-state index contributed by atoms with van der Waals surface area (Å²) in [6.07, 6.45) is 2.44. The maximum Gasteiger partial charge on any atom is 0.340 e. The van der Waals surface area contributed by atoms with Crippen molar-refractivity contribution in [1.82, 2.24) is 0 Å². The Morgan fingerprint density at radius 2 is 2.11 bits per heavy atom. The van der Waals surface area contributed by atoms with Crippen LogP contribution in [0.25, 0.3) is 0 Å². The van der Waals surface area contributed by atoms with Gasteiger partial charge in [-0.1, -0.05) is 6.92 Å². The Morgan fingerprint density at radius 1 is 1.37 bits per heavy atom. The monoisotopic (exact) mass is 262 g/mol. The molecular weight excluding hydrogens is 240 g/mol. The predicted octanol–water partition coefficient (Wildman–Crippen LogP) is 2.68. The molecule has 104 valence electrons. The minimum absolute atomic E-state index is 0.378. The van der Waals surface area contributed by atoms with Gasteiger partial charge >= 0.3 is 5.97 Å². The highest BCUT2D eigenvalue weighted by Crippen LogP contribution is 2.29. The number of esters is 1. The van der Waals surface area contributed by atoms with E-state index in [1.165, 1.54) is 20.0 Å². The van der Waals surface area contributed by atoms with E-state index in [0.29, 0.717) is 23.2 Å². The summed E-state index contributed by atoms with van der Waals surface area (Å²) in [5.41, 5.74) is 7.80. The number of benzene rings is 1. The van der Waals surface area contributed by atoms with Gasteiger partial charge in [0.2, 0.25) is 0 Å². The van der Waals surface area contributed by atoms with Gasteiger partial charge in [-0.25, -0.2) is 4.79 Å². The lowest BCUT2D eigenvalue weighted by Crippen LogP contribution is -2.41. The van der Waals surface area contributed by atoms with Crippen molar-refractivity contribution in [2.75, 3.05) is 24.3 Å². The van der Waals surface area contributed by atoms with Gasteiger partial charge in [0, 0.05) is 24.0 Å². The van der Waals surface area contributed by atoms with Crippen LogP contribution in [0.2, 0.25) is 0 Å². The lowest BCUT2D eigenvalue weighted by Gasteiger charge is -2.38. The largest absolute Gasteiger partial charge is 0.465 e. The van der Waals surface area contributed by atoms with E-state index in [1.807, 2.05) is 12.1 Å². The zero-order valence-corrected chi connectivity index (χ0v) is 11.8. The molecule has 2 rings (SSSR count). The smallest absolute Gasteiger partial charge is 0.340 e. The number of nitrogens with two attached hydrogens (primary N) is 1. The van der Waals surface area contributed by atoms with Crippen LogP contribution in [0.5, 0.6) is 0 Å². The van der Waals surface area contributed by atoms with E-state index in [4.69, 9.17) is 10.5 Å². The predicted molar refractivity (Wildman–Crippen MR) is 77.4 cm³/mol. The number of carbonyl (C=O) groups is 1. The molecule has 1 fully saturated rings. The van der Waals surface area contributed by atoms with Crippen molar-refractivity contribution in [1.29, 1.82) is 0 Å². The number of methoxy groups -OCH3 is 1. The Balaban J connectivity index is 2.31. The van der Waals surface area contributed by atoms with Gasteiger partial charge in [-0.05, 0) is 43.9 Å². The summed E-state index contributed by atoms with van der Waals surface area (Å²) in [4.78, 5) is 14.0. The van der Waals surface area contributed by atoms with E-state index in [-0.39, 0.29) is 5.97 Å². The number of anilines is 2. The van der Waals surface area contributed by atoms with Crippen molar-refractivity contribution in [2.24, 2.45) is 5.92 Å². The lowest BCUT2D eigenvalue weighted by molar-refractivity contribution is 0.0602. The minimum atomic E-state index is -0.378. The van der Waals surface area contributed by atoms with Crippen LogP contribution in [-0.2, 0) is 4.74 Å². The Bertz CT molecular complexity index is 473. The van der Waals surface area contributed by atoms with E-state index in [0.717, 1.165) is 12.2 Å². The number of hydrogen-bond acceptors (Lipinski definition) is 4. The van der Waals surface area contributed by atoms with Crippen LogP contribution in [-0.4, -0.2) is 25.7 Å². The molecule has 1 aromatic rings. The molecule has 2 N–H and O–H groups in total. The summed E-state index contributed by atoms with van der Waals surface area (Å²) in [5, 5.41) is 0. The molecule has 4 nitrogen and oxygen atoms in total. The minimum Gasteiger partial charge on any atom is -0.465 e. The topological polar surface area (TPSA) is 55.6 Å². The second-order valence-electron chi connectivity index (χ2n) is 5.45. The van der Waals surface area contributed by atoms with Crippen LogP contribution >= 0.6 is 0 Å². The van der Waals surface area contributed by atoms with Crippen LogP contribution in [0.15, 0.2) is 18.2 Å². The van der Waals surface area contributed by atoms with Gasteiger partial charge < -0.3 is 15.4 Å². The SMILES string of the molecule is COC(=O)c1cc(N2CC(C)CCC2C)ccc1N. The molecule has 1 heterocycles. The fourth-order valence-electron chi connectivity index (χ4n) is 2.66. The summed E-state index contributed by atoms with van der Waals surface area (Å²) >= 11 is 0. The summed E-state index contributed by atoms with van der Waals surface area (Å²) in [7, 11) is 1.38. The molecule has 2 atom stereocenters. The maximum absolute atomic E-state index is 11.7. The van der Waals surface area contributed by atoms with Crippen LogP contribution in [0, 0.1) is 5.92 Å². The highest BCUT2D eigenvalue weighted by molar-refractivity contribution is 5.96. The van der Waals surface area contributed by atoms with Crippen molar-refractivity contribution in [3.8, 4) is 0 Å². The van der Waals surface area contributed by atoms with Gasteiger partial charge in [0.1, 0.15) is 0 Å². The molecule has 0 aliphatic carbocycles. The zero-order valence-electron chi connectivity index (χ0n) is 11.8. The van der Waals surface area contributed by atoms with E-state index in [1.54, 1.807) is 6.07 Å². The highest BCUT2D eigenvalue weighted by Gasteiger charge is 2.24. The maximum atomic E-state index is 11.7. The van der Waals surface area contributed by atoms with Gasteiger partial charge in [0.25, 0.3) is 0 Å². The van der Waals surface area contributed by atoms with Gasteiger partial charge in [0.15, 0.2) is 0 Å². The van der Waals surface area contributed by atoms with Gasteiger partial charge in [-0.2, -0.15) is 0 Å². The third kappa shape index (κ3) is 2.83. The third-order valence-electron chi connectivity index (χ3n) is 3.89. The molecule has 19 heavy (non-hydrogen) atoms. The van der Waals surface area contributed by atoms with E-state index >= 15 is 0 Å². The molecule has 1 aliphatic heterocycles. The first-order valence-electron chi connectivity index (χ1n) is 6.77. The number of carbonyl (C=O) groups excluding carboxylic acids is 1. The fourth-order valence-corrected chi connectivity index (χ4v) is 2.66. The Kier molecular flexibility index (Phi) is 3.98. The zero-order chi connectivity index (χ0) is 14.0. The summed E-state index contributed by atoms with van der Waals surface area (Å²) in [6.45, 7) is 5.50. The van der Waals surface area contributed by atoms with Crippen molar-refractivity contribution in [3.63, 3.8) is 0 Å².